The van der Waals surface area contributed by atoms with Crippen LogP contribution in [0.5, 0.6) is 0 Å². The van der Waals surface area contributed by atoms with Crippen LogP contribution in [0.4, 0.5) is 11.4 Å². The number of nitrogens with zero attached hydrogens (tertiary/aromatic N) is 3. The molecular weight excluding hydrogens is 368 g/mol. The molecule has 0 saturated carbocycles. The van der Waals surface area contributed by atoms with Gasteiger partial charge in [-0.05, 0) is 36.4 Å². The van der Waals surface area contributed by atoms with Gasteiger partial charge in [0.2, 0.25) is 5.91 Å². The molecule has 28 heavy (non-hydrogen) atoms. The number of hydrazine groups is 1. The number of amides is 1. The lowest BCUT2D eigenvalue weighted by molar-refractivity contribution is -0.120. The molecule has 0 aliphatic heterocycles. The molecular formula is C22H18N4OS. The van der Waals surface area contributed by atoms with Gasteiger partial charge in [0.1, 0.15) is 5.01 Å². The lowest BCUT2D eigenvalue weighted by Gasteiger charge is -2.25. The summed E-state index contributed by atoms with van der Waals surface area (Å²) in [7, 11) is 0. The van der Waals surface area contributed by atoms with Crippen LogP contribution < -0.4 is 10.4 Å². The quantitative estimate of drug-likeness (QED) is 0.491. The summed E-state index contributed by atoms with van der Waals surface area (Å²) in [5.74, 6) is -0.134. The summed E-state index contributed by atoms with van der Waals surface area (Å²) in [5.41, 5.74) is 6.30. The van der Waals surface area contributed by atoms with Gasteiger partial charge in [0, 0.05) is 11.6 Å². The highest BCUT2D eigenvalue weighted by atomic mass is 32.1. The number of pyridine rings is 1. The summed E-state index contributed by atoms with van der Waals surface area (Å²) in [6, 6.07) is 25.2. The number of rotatable bonds is 6. The molecule has 2 heterocycles. The number of aromatic nitrogens is 2. The first kappa shape index (κ1) is 17.9. The van der Waals surface area contributed by atoms with E-state index in [0.717, 1.165) is 27.8 Å². The van der Waals surface area contributed by atoms with Crippen molar-refractivity contribution in [3.05, 3.63) is 96.1 Å². The Labute approximate surface area is 167 Å². The lowest BCUT2D eigenvalue weighted by Crippen LogP contribution is -2.39. The molecule has 0 saturated heterocycles. The molecule has 2 aromatic heterocycles. The fourth-order valence-electron chi connectivity index (χ4n) is 2.76. The van der Waals surface area contributed by atoms with Gasteiger partial charge in [0.25, 0.3) is 0 Å². The normalized spacial score (nSPS) is 10.4. The van der Waals surface area contributed by atoms with Crippen molar-refractivity contribution < 1.29 is 4.79 Å². The summed E-state index contributed by atoms with van der Waals surface area (Å²) in [4.78, 5) is 21.6. The Morgan fingerprint density at radius 2 is 1.54 bits per heavy atom. The van der Waals surface area contributed by atoms with Gasteiger partial charge in [-0.15, -0.1) is 11.3 Å². The first-order valence-corrected chi connectivity index (χ1v) is 9.73. The van der Waals surface area contributed by atoms with E-state index in [0.29, 0.717) is 0 Å². The van der Waals surface area contributed by atoms with Crippen LogP contribution in [-0.4, -0.2) is 15.9 Å². The molecule has 0 aliphatic carbocycles. The van der Waals surface area contributed by atoms with Gasteiger partial charge in [0.15, 0.2) is 0 Å². The van der Waals surface area contributed by atoms with Crippen LogP contribution in [0.1, 0.15) is 5.69 Å². The summed E-state index contributed by atoms with van der Waals surface area (Å²) in [6.45, 7) is 0. The minimum absolute atomic E-state index is 0.134. The number of hydrogen-bond acceptors (Lipinski definition) is 5. The van der Waals surface area contributed by atoms with Gasteiger partial charge in [-0.25, -0.2) is 4.98 Å². The van der Waals surface area contributed by atoms with Crippen molar-refractivity contribution in [2.75, 3.05) is 5.01 Å². The molecule has 1 N–H and O–H groups in total. The molecule has 5 nitrogen and oxygen atoms in total. The van der Waals surface area contributed by atoms with Crippen LogP contribution in [0.3, 0.4) is 0 Å². The molecule has 1 amide bonds. The fraction of sp³-hybridized carbons (Fsp3) is 0.0455. The van der Waals surface area contributed by atoms with Crippen LogP contribution in [0.25, 0.3) is 10.7 Å². The topological polar surface area (TPSA) is 58.1 Å². The van der Waals surface area contributed by atoms with Gasteiger partial charge in [-0.3, -0.25) is 20.2 Å². The highest BCUT2D eigenvalue weighted by Crippen LogP contribution is 2.24. The van der Waals surface area contributed by atoms with E-state index < -0.39 is 0 Å². The van der Waals surface area contributed by atoms with Crippen molar-refractivity contribution in [1.29, 1.82) is 0 Å². The summed E-state index contributed by atoms with van der Waals surface area (Å²) in [5, 5.41) is 4.50. The summed E-state index contributed by atoms with van der Waals surface area (Å²) >= 11 is 1.49. The van der Waals surface area contributed by atoms with Crippen molar-refractivity contribution >= 4 is 28.6 Å². The van der Waals surface area contributed by atoms with E-state index in [4.69, 9.17) is 0 Å². The Kier molecular flexibility index (Phi) is 5.40. The number of para-hydroxylation sites is 2. The summed E-state index contributed by atoms with van der Waals surface area (Å²) < 4.78 is 0. The van der Waals surface area contributed by atoms with Crippen LogP contribution in [0, 0.1) is 0 Å². The predicted octanol–water partition coefficient (Wildman–Crippen LogP) is 4.62. The molecule has 0 bridgehead atoms. The summed E-state index contributed by atoms with van der Waals surface area (Å²) in [6.07, 6.45) is 1.93. The Bertz CT molecular complexity index is 996. The van der Waals surface area contributed by atoms with Crippen LogP contribution in [-0.2, 0) is 11.2 Å². The zero-order chi connectivity index (χ0) is 19.2. The van der Waals surface area contributed by atoms with E-state index in [1.165, 1.54) is 11.3 Å². The standard InChI is InChI=1S/C22H18N4OS/c27-21(15-17-16-28-22(24-17)20-13-7-8-14-23-20)25-26(18-9-3-1-4-10-18)19-11-5-2-6-12-19/h1-14,16H,15H2,(H,25,27). The zero-order valence-electron chi connectivity index (χ0n) is 15.0. The Morgan fingerprint density at radius 3 is 2.14 bits per heavy atom. The van der Waals surface area contributed by atoms with Crippen molar-refractivity contribution in [3.63, 3.8) is 0 Å². The van der Waals surface area contributed by atoms with Gasteiger partial charge >= 0.3 is 0 Å². The van der Waals surface area contributed by atoms with E-state index in [1.807, 2.05) is 84.2 Å². The molecule has 4 aromatic rings. The van der Waals surface area contributed by atoms with Crippen molar-refractivity contribution in [1.82, 2.24) is 15.4 Å². The maximum atomic E-state index is 12.7. The predicted molar refractivity (Wildman–Crippen MR) is 112 cm³/mol. The lowest BCUT2D eigenvalue weighted by atomic mass is 10.2. The average molecular weight is 386 g/mol. The van der Waals surface area contributed by atoms with Gasteiger partial charge in [-0.1, -0.05) is 42.5 Å². The molecule has 138 valence electrons. The van der Waals surface area contributed by atoms with Crippen LogP contribution in [0.2, 0.25) is 0 Å². The van der Waals surface area contributed by atoms with Crippen molar-refractivity contribution in [3.8, 4) is 10.7 Å². The molecule has 6 heteroatoms. The molecule has 2 aromatic carbocycles. The van der Waals surface area contributed by atoms with Crippen LogP contribution >= 0.6 is 11.3 Å². The third kappa shape index (κ3) is 4.24. The zero-order valence-corrected chi connectivity index (χ0v) is 15.8. The van der Waals surface area contributed by atoms with Gasteiger partial charge < -0.3 is 0 Å². The van der Waals surface area contributed by atoms with Gasteiger partial charge in [-0.2, -0.15) is 0 Å². The first-order chi connectivity index (χ1) is 13.8. The van der Waals surface area contributed by atoms with E-state index in [-0.39, 0.29) is 12.3 Å². The highest BCUT2D eigenvalue weighted by molar-refractivity contribution is 7.13. The fourth-order valence-corrected chi connectivity index (χ4v) is 3.55. The minimum Gasteiger partial charge on any atom is -0.273 e. The second kappa shape index (κ2) is 8.45. The Morgan fingerprint density at radius 1 is 0.893 bits per heavy atom. The third-order valence-electron chi connectivity index (χ3n) is 4.04. The maximum absolute atomic E-state index is 12.7. The van der Waals surface area contributed by atoms with E-state index in [1.54, 1.807) is 11.2 Å². The smallest absolute Gasteiger partial charge is 0.244 e. The third-order valence-corrected chi connectivity index (χ3v) is 4.96. The molecule has 0 atom stereocenters. The molecule has 4 rings (SSSR count). The first-order valence-electron chi connectivity index (χ1n) is 8.85. The highest BCUT2D eigenvalue weighted by Gasteiger charge is 2.15. The largest absolute Gasteiger partial charge is 0.273 e. The molecule has 0 fully saturated rings. The van der Waals surface area contributed by atoms with Crippen molar-refractivity contribution in [2.45, 2.75) is 6.42 Å². The van der Waals surface area contributed by atoms with Crippen LogP contribution in [0.15, 0.2) is 90.4 Å². The average Bonchev–Trinajstić information content (AvgIpc) is 3.22. The second-order valence-electron chi connectivity index (χ2n) is 6.08. The maximum Gasteiger partial charge on any atom is 0.244 e. The monoisotopic (exact) mass is 386 g/mol. The number of nitrogens with one attached hydrogen (secondary N) is 1. The second-order valence-corrected chi connectivity index (χ2v) is 6.94. The number of carbonyl (C=O) groups excluding carboxylic acids is 1. The number of thiazole rings is 1. The number of anilines is 2. The van der Waals surface area contributed by atoms with E-state index >= 15 is 0 Å². The molecule has 0 spiro atoms. The Balaban J connectivity index is 1.50. The molecule has 0 aliphatic rings. The molecule has 0 radical (unpaired) electrons. The Hall–Kier alpha value is -3.51. The molecule has 0 unspecified atom stereocenters. The SMILES string of the molecule is O=C(Cc1csc(-c2ccccn2)n1)NN(c1ccccc1)c1ccccc1. The number of benzene rings is 2. The number of hydrogen-bond donors (Lipinski definition) is 1. The number of carbonyl (C=O) groups is 1. The minimum atomic E-state index is -0.134. The van der Waals surface area contributed by atoms with E-state index in [2.05, 4.69) is 15.4 Å². The van der Waals surface area contributed by atoms with Crippen molar-refractivity contribution in [2.24, 2.45) is 0 Å². The van der Waals surface area contributed by atoms with Gasteiger partial charge in [0.05, 0.1) is 29.2 Å². The van der Waals surface area contributed by atoms with E-state index in [9.17, 15) is 4.79 Å².